The van der Waals surface area contributed by atoms with Gasteiger partial charge >= 0.3 is 0 Å². The molecule has 3 heteroatoms. The average Bonchev–Trinajstić information content (AvgIpc) is 2.42. The maximum atomic E-state index is 13.4. The van der Waals surface area contributed by atoms with Gasteiger partial charge in [0.25, 0.3) is 0 Å². The quantitative estimate of drug-likeness (QED) is 0.639. The van der Waals surface area contributed by atoms with E-state index < -0.39 is 0 Å². The van der Waals surface area contributed by atoms with E-state index in [1.165, 1.54) is 6.07 Å². The van der Waals surface area contributed by atoms with Crippen molar-refractivity contribution in [3.05, 3.63) is 59.6 Å². The molecule has 0 aromatic heterocycles. The van der Waals surface area contributed by atoms with Crippen LogP contribution < -0.4 is 0 Å². The van der Waals surface area contributed by atoms with Gasteiger partial charge in [0.2, 0.25) is 0 Å². The first-order chi connectivity index (χ1) is 10.0. The van der Waals surface area contributed by atoms with E-state index >= 15 is 0 Å². The van der Waals surface area contributed by atoms with Crippen LogP contribution in [0.1, 0.15) is 31.4 Å². The number of rotatable bonds is 8. The van der Waals surface area contributed by atoms with Crippen molar-refractivity contribution in [1.82, 2.24) is 0 Å². The zero-order valence-corrected chi connectivity index (χ0v) is 13.1. The summed E-state index contributed by atoms with van der Waals surface area (Å²) in [6.45, 7) is 10.0. The second-order valence-corrected chi connectivity index (χ2v) is 5.19. The van der Waals surface area contributed by atoms with Gasteiger partial charge in [-0.15, -0.1) is 0 Å². The summed E-state index contributed by atoms with van der Waals surface area (Å²) in [6.07, 6.45) is 6.72. The molecule has 0 aliphatic carbocycles. The van der Waals surface area contributed by atoms with E-state index in [0.717, 1.165) is 29.5 Å². The third-order valence-corrected chi connectivity index (χ3v) is 3.05. The molecule has 1 rings (SSSR count). The van der Waals surface area contributed by atoms with Crippen LogP contribution in [0.2, 0.25) is 0 Å². The van der Waals surface area contributed by atoms with E-state index in [-0.39, 0.29) is 11.9 Å². The molecule has 0 saturated carbocycles. The lowest BCUT2D eigenvalue weighted by Gasteiger charge is -2.16. The molecule has 1 aromatic rings. The van der Waals surface area contributed by atoms with Crippen LogP contribution in [-0.4, -0.2) is 18.9 Å². The standard InChI is InChI=1S/C18H24FNO/c1-5-7-20-12-15(4)13-21-18(6-2)11-16-8-14(3)9-17(19)10-16/h5,7-10,12,18H,1,6,11,13H2,2-4H3/b15-12+,20-7?/t18-/m1/s1. The molecule has 0 amide bonds. The fraction of sp³-hybridized carbons (Fsp3) is 0.389. The molecule has 2 nitrogen and oxygen atoms in total. The molecule has 0 saturated heterocycles. The Kier molecular flexibility index (Phi) is 7.62. The Labute approximate surface area is 127 Å². The predicted molar refractivity (Wildman–Crippen MR) is 87.3 cm³/mol. The molecule has 0 unspecified atom stereocenters. The van der Waals surface area contributed by atoms with Gasteiger partial charge in [0.1, 0.15) is 5.82 Å². The summed E-state index contributed by atoms with van der Waals surface area (Å²) in [7, 11) is 0. The molecule has 0 radical (unpaired) electrons. The number of halogens is 1. The maximum Gasteiger partial charge on any atom is 0.123 e. The fourth-order valence-corrected chi connectivity index (χ4v) is 2.03. The first-order valence-electron chi connectivity index (χ1n) is 7.22. The minimum atomic E-state index is -0.185. The van der Waals surface area contributed by atoms with Gasteiger partial charge in [-0.05, 0) is 55.5 Å². The van der Waals surface area contributed by atoms with Crippen molar-refractivity contribution in [2.75, 3.05) is 6.61 Å². The Morgan fingerprint density at radius 1 is 1.43 bits per heavy atom. The van der Waals surface area contributed by atoms with Crippen LogP contribution in [-0.2, 0) is 11.2 Å². The van der Waals surface area contributed by atoms with Crippen LogP contribution >= 0.6 is 0 Å². The first-order valence-corrected chi connectivity index (χ1v) is 7.22. The van der Waals surface area contributed by atoms with Crippen LogP contribution in [0.25, 0.3) is 0 Å². The number of hydrogen-bond donors (Lipinski definition) is 0. The van der Waals surface area contributed by atoms with Crippen molar-refractivity contribution in [3.63, 3.8) is 0 Å². The molecule has 0 spiro atoms. The van der Waals surface area contributed by atoms with Crippen molar-refractivity contribution >= 4 is 6.21 Å². The number of allylic oxidation sites excluding steroid dienone is 1. The van der Waals surface area contributed by atoms with Gasteiger partial charge < -0.3 is 4.74 Å². The van der Waals surface area contributed by atoms with E-state index in [9.17, 15) is 4.39 Å². The Bertz CT molecular complexity index is 500. The predicted octanol–water partition coefficient (Wildman–Crippen LogP) is 4.63. The van der Waals surface area contributed by atoms with Gasteiger partial charge in [-0.2, -0.15) is 0 Å². The monoisotopic (exact) mass is 289 g/mol. The molecule has 1 aromatic carbocycles. The summed E-state index contributed by atoms with van der Waals surface area (Å²) in [5.41, 5.74) is 2.96. The highest BCUT2D eigenvalue weighted by atomic mass is 19.1. The van der Waals surface area contributed by atoms with Crippen LogP contribution in [0, 0.1) is 12.7 Å². The summed E-state index contributed by atoms with van der Waals surface area (Å²) in [6, 6.07) is 5.12. The molecular formula is C18H24FNO. The summed E-state index contributed by atoms with van der Waals surface area (Å²) in [5, 5.41) is 0. The smallest absolute Gasteiger partial charge is 0.123 e. The number of aliphatic imine (C=N–C) groups is 1. The van der Waals surface area contributed by atoms with E-state index in [4.69, 9.17) is 4.74 Å². The molecule has 0 aliphatic heterocycles. The molecule has 21 heavy (non-hydrogen) atoms. The second kappa shape index (κ2) is 9.24. The van der Waals surface area contributed by atoms with Gasteiger partial charge in [-0.1, -0.05) is 25.6 Å². The zero-order valence-electron chi connectivity index (χ0n) is 13.1. The number of hydrogen-bond acceptors (Lipinski definition) is 2. The van der Waals surface area contributed by atoms with Crippen LogP contribution in [0.3, 0.4) is 0 Å². The van der Waals surface area contributed by atoms with Crippen LogP contribution in [0.4, 0.5) is 4.39 Å². The number of aryl methyl sites for hydroxylation is 1. The van der Waals surface area contributed by atoms with Gasteiger partial charge in [-0.3, -0.25) is 4.99 Å². The largest absolute Gasteiger partial charge is 0.373 e. The van der Waals surface area contributed by atoms with Crippen molar-refractivity contribution in [2.24, 2.45) is 4.99 Å². The molecule has 0 aliphatic rings. The lowest BCUT2D eigenvalue weighted by atomic mass is 10.0. The van der Waals surface area contributed by atoms with Crippen molar-refractivity contribution in [3.8, 4) is 0 Å². The first kappa shape index (κ1) is 17.3. The molecule has 1 atom stereocenters. The van der Waals surface area contributed by atoms with Crippen molar-refractivity contribution < 1.29 is 9.13 Å². The Hall–Kier alpha value is -1.74. The number of benzene rings is 1. The summed E-state index contributed by atoms with van der Waals surface area (Å²) < 4.78 is 19.3. The normalized spacial score (nSPS) is 13.6. The highest BCUT2D eigenvalue weighted by Gasteiger charge is 2.09. The summed E-state index contributed by atoms with van der Waals surface area (Å²) in [4.78, 5) is 4.07. The van der Waals surface area contributed by atoms with Crippen LogP contribution in [0.15, 0.2) is 47.6 Å². The lowest BCUT2D eigenvalue weighted by Crippen LogP contribution is -2.16. The summed E-state index contributed by atoms with van der Waals surface area (Å²) in [5.74, 6) is -0.185. The van der Waals surface area contributed by atoms with E-state index in [1.54, 1.807) is 24.6 Å². The highest BCUT2D eigenvalue weighted by Crippen LogP contribution is 2.14. The Balaban J connectivity index is 2.57. The zero-order chi connectivity index (χ0) is 15.7. The molecular weight excluding hydrogens is 265 g/mol. The number of ether oxygens (including phenoxy) is 1. The fourth-order valence-electron chi connectivity index (χ4n) is 2.03. The molecule has 0 fully saturated rings. The highest BCUT2D eigenvalue weighted by molar-refractivity contribution is 5.70. The maximum absolute atomic E-state index is 13.4. The third-order valence-electron chi connectivity index (χ3n) is 3.05. The molecule has 0 heterocycles. The van der Waals surface area contributed by atoms with Gasteiger partial charge in [0.05, 0.1) is 12.7 Å². The number of nitrogens with zero attached hydrogens (tertiary/aromatic N) is 1. The average molecular weight is 289 g/mol. The molecule has 0 bridgehead atoms. The topological polar surface area (TPSA) is 21.6 Å². The molecule has 0 N–H and O–H groups in total. The lowest BCUT2D eigenvalue weighted by molar-refractivity contribution is 0.0672. The van der Waals surface area contributed by atoms with E-state index in [2.05, 4.69) is 18.5 Å². The van der Waals surface area contributed by atoms with Gasteiger partial charge in [0.15, 0.2) is 0 Å². The minimum Gasteiger partial charge on any atom is -0.373 e. The van der Waals surface area contributed by atoms with Crippen molar-refractivity contribution in [2.45, 2.75) is 39.7 Å². The van der Waals surface area contributed by atoms with Crippen molar-refractivity contribution in [1.29, 1.82) is 0 Å². The van der Waals surface area contributed by atoms with Gasteiger partial charge in [0, 0.05) is 12.4 Å². The van der Waals surface area contributed by atoms with Crippen LogP contribution in [0.5, 0.6) is 0 Å². The van der Waals surface area contributed by atoms with Gasteiger partial charge in [-0.25, -0.2) is 4.39 Å². The Morgan fingerprint density at radius 2 is 2.19 bits per heavy atom. The SMILES string of the molecule is C=CC=N/C=C(\C)CO[C@H](CC)Cc1cc(C)cc(F)c1. The minimum absolute atomic E-state index is 0.0814. The van der Waals surface area contributed by atoms with E-state index in [1.807, 2.05) is 19.9 Å². The second-order valence-electron chi connectivity index (χ2n) is 5.19. The van der Waals surface area contributed by atoms with E-state index in [0.29, 0.717) is 6.61 Å². The Morgan fingerprint density at radius 3 is 2.81 bits per heavy atom. The third kappa shape index (κ3) is 7.00. The molecule has 114 valence electrons. The summed E-state index contributed by atoms with van der Waals surface area (Å²) >= 11 is 0.